The van der Waals surface area contributed by atoms with Crippen LogP contribution < -0.4 is 4.90 Å². The van der Waals surface area contributed by atoms with Crippen LogP contribution in [0.15, 0.2) is 41.3 Å². The van der Waals surface area contributed by atoms with Gasteiger partial charge in [0.05, 0.1) is 32.2 Å². The molecule has 0 amide bonds. The first-order chi connectivity index (χ1) is 13.2. The second kappa shape index (κ2) is 7.75. The molecule has 146 valence electrons. The van der Waals surface area contributed by atoms with Gasteiger partial charge in [0.15, 0.2) is 0 Å². The highest BCUT2D eigenvalue weighted by atomic mass is 35.5. The lowest BCUT2D eigenvalue weighted by Crippen LogP contribution is -2.48. The molecule has 8 nitrogen and oxygen atoms in total. The van der Waals surface area contributed by atoms with E-state index in [1.807, 2.05) is 11.0 Å². The third kappa shape index (κ3) is 3.80. The number of nitriles is 1. The predicted molar refractivity (Wildman–Crippen MR) is 105 cm³/mol. The van der Waals surface area contributed by atoms with E-state index in [2.05, 4.69) is 0 Å². The van der Waals surface area contributed by atoms with E-state index in [1.54, 1.807) is 6.92 Å². The second-order valence-corrected chi connectivity index (χ2v) is 8.72. The molecular weight excluding hydrogens is 404 g/mol. The predicted octanol–water partition coefficient (Wildman–Crippen LogP) is 2.94. The first-order valence-electron chi connectivity index (χ1n) is 8.44. The largest absolute Gasteiger partial charge is 0.367 e. The van der Waals surface area contributed by atoms with Gasteiger partial charge in [-0.1, -0.05) is 11.6 Å². The van der Waals surface area contributed by atoms with E-state index in [0.29, 0.717) is 29.9 Å². The number of hydrogen-bond donors (Lipinski definition) is 0. The summed E-state index contributed by atoms with van der Waals surface area (Å²) < 4.78 is 27.0. The van der Waals surface area contributed by atoms with Crippen LogP contribution in [0.2, 0.25) is 5.02 Å². The first-order valence-corrected chi connectivity index (χ1v) is 10.3. The average Bonchev–Trinajstić information content (AvgIpc) is 2.67. The monoisotopic (exact) mass is 420 g/mol. The number of nitro groups is 1. The summed E-state index contributed by atoms with van der Waals surface area (Å²) in [7, 11) is -3.66. The zero-order chi connectivity index (χ0) is 20.5. The molecule has 10 heteroatoms. The van der Waals surface area contributed by atoms with E-state index >= 15 is 0 Å². The minimum atomic E-state index is -3.66. The molecule has 0 aromatic heterocycles. The molecule has 1 aliphatic heterocycles. The molecular formula is C18H17ClN4O4S. The van der Waals surface area contributed by atoms with E-state index in [0.717, 1.165) is 0 Å². The molecule has 0 saturated carbocycles. The summed E-state index contributed by atoms with van der Waals surface area (Å²) in [6.45, 7) is 3.08. The summed E-state index contributed by atoms with van der Waals surface area (Å²) in [6, 6.07) is 10.5. The molecule has 0 atom stereocenters. The molecule has 0 radical (unpaired) electrons. The minimum Gasteiger partial charge on any atom is -0.367 e. The van der Waals surface area contributed by atoms with Crippen LogP contribution in [0.4, 0.5) is 11.4 Å². The molecule has 0 aliphatic carbocycles. The van der Waals surface area contributed by atoms with Crippen molar-refractivity contribution in [3.8, 4) is 6.07 Å². The van der Waals surface area contributed by atoms with Gasteiger partial charge in [0.1, 0.15) is 0 Å². The quantitative estimate of drug-likeness (QED) is 0.555. The Labute approximate surface area is 167 Å². The Morgan fingerprint density at radius 2 is 1.75 bits per heavy atom. The summed E-state index contributed by atoms with van der Waals surface area (Å²) in [4.78, 5) is 12.5. The summed E-state index contributed by atoms with van der Waals surface area (Å²) in [5, 5.41) is 20.1. The Morgan fingerprint density at radius 3 is 2.25 bits per heavy atom. The van der Waals surface area contributed by atoms with Crippen LogP contribution in [0.1, 0.15) is 11.1 Å². The molecule has 0 unspecified atom stereocenters. The number of benzene rings is 2. The Kier molecular flexibility index (Phi) is 5.56. The van der Waals surface area contributed by atoms with Crippen molar-refractivity contribution in [2.24, 2.45) is 0 Å². The molecule has 1 fully saturated rings. The fourth-order valence-electron chi connectivity index (χ4n) is 3.23. The lowest BCUT2D eigenvalue weighted by molar-refractivity contribution is -0.384. The molecule has 0 N–H and O–H groups in total. The number of hydrogen-bond acceptors (Lipinski definition) is 6. The fraction of sp³-hybridized carbons (Fsp3) is 0.278. The van der Waals surface area contributed by atoms with Gasteiger partial charge in [0.2, 0.25) is 10.0 Å². The lowest BCUT2D eigenvalue weighted by atomic mass is 10.1. The number of rotatable bonds is 4. The van der Waals surface area contributed by atoms with E-state index < -0.39 is 14.9 Å². The molecule has 1 heterocycles. The van der Waals surface area contributed by atoms with Crippen LogP contribution in [-0.2, 0) is 10.0 Å². The number of nitrogens with zero attached hydrogens (tertiary/aromatic N) is 4. The van der Waals surface area contributed by atoms with Crippen molar-refractivity contribution in [2.45, 2.75) is 11.8 Å². The van der Waals surface area contributed by atoms with Crippen LogP contribution in [0, 0.1) is 28.4 Å². The zero-order valence-electron chi connectivity index (χ0n) is 15.0. The number of nitro benzene ring substituents is 1. The molecule has 28 heavy (non-hydrogen) atoms. The number of non-ortho nitro benzene ring substituents is 1. The second-order valence-electron chi connectivity index (χ2n) is 6.38. The highest BCUT2D eigenvalue weighted by molar-refractivity contribution is 7.89. The Bertz CT molecular complexity index is 1030. The van der Waals surface area contributed by atoms with Crippen LogP contribution in [-0.4, -0.2) is 43.8 Å². The topological polar surface area (TPSA) is 108 Å². The zero-order valence-corrected chi connectivity index (χ0v) is 16.6. The maximum Gasteiger partial charge on any atom is 0.271 e. The van der Waals surface area contributed by atoms with Crippen LogP contribution in [0.5, 0.6) is 0 Å². The summed E-state index contributed by atoms with van der Waals surface area (Å²) >= 11 is 6.26. The van der Waals surface area contributed by atoms with Crippen LogP contribution >= 0.6 is 11.6 Å². The number of sulfonamides is 1. The third-order valence-corrected chi connectivity index (χ3v) is 6.83. The standard InChI is InChI=1S/C18H17ClN4O4S/c1-13-10-15(23(24)25)11-17(19)18(13)21-6-8-22(9-7-21)28(26,27)16-4-2-14(12-20)3-5-16/h2-5,10-11H,6-9H2,1H3. The van der Waals surface area contributed by atoms with Gasteiger partial charge in [-0.3, -0.25) is 10.1 Å². The highest BCUT2D eigenvalue weighted by Gasteiger charge is 2.30. The summed E-state index contributed by atoms with van der Waals surface area (Å²) in [5.41, 5.74) is 1.67. The van der Waals surface area contributed by atoms with E-state index in [-0.39, 0.29) is 28.7 Å². The maximum atomic E-state index is 12.8. The van der Waals surface area contributed by atoms with Gasteiger partial charge >= 0.3 is 0 Å². The Morgan fingerprint density at radius 1 is 1.14 bits per heavy atom. The van der Waals surface area contributed by atoms with Crippen LogP contribution in [0.3, 0.4) is 0 Å². The number of piperazine rings is 1. The van der Waals surface area contributed by atoms with Gasteiger partial charge in [0, 0.05) is 38.3 Å². The molecule has 1 saturated heterocycles. The maximum absolute atomic E-state index is 12.8. The Balaban J connectivity index is 1.77. The molecule has 3 rings (SSSR count). The molecule has 0 bridgehead atoms. The van der Waals surface area contributed by atoms with Crippen LogP contribution in [0.25, 0.3) is 0 Å². The van der Waals surface area contributed by atoms with E-state index in [9.17, 15) is 18.5 Å². The smallest absolute Gasteiger partial charge is 0.271 e. The SMILES string of the molecule is Cc1cc([N+](=O)[O-])cc(Cl)c1N1CCN(S(=O)(=O)c2ccc(C#N)cc2)CC1. The normalized spacial score (nSPS) is 15.2. The molecule has 2 aromatic rings. The third-order valence-electron chi connectivity index (χ3n) is 4.63. The van der Waals surface area contributed by atoms with Crippen molar-refractivity contribution in [3.05, 3.63) is 62.7 Å². The highest BCUT2D eigenvalue weighted by Crippen LogP contribution is 2.34. The summed E-state index contributed by atoms with van der Waals surface area (Å²) in [5.74, 6) is 0. The van der Waals surface area contributed by atoms with E-state index in [4.69, 9.17) is 16.9 Å². The molecule has 0 spiro atoms. The number of halogens is 1. The van der Waals surface area contributed by atoms with Gasteiger partial charge in [-0.15, -0.1) is 0 Å². The van der Waals surface area contributed by atoms with Gasteiger partial charge < -0.3 is 4.90 Å². The van der Waals surface area contributed by atoms with Crippen molar-refractivity contribution in [2.75, 3.05) is 31.1 Å². The van der Waals surface area contributed by atoms with Crippen molar-refractivity contribution in [3.63, 3.8) is 0 Å². The number of anilines is 1. The number of aryl methyl sites for hydroxylation is 1. The first kappa shape index (κ1) is 20.1. The lowest BCUT2D eigenvalue weighted by Gasteiger charge is -2.36. The molecule has 2 aromatic carbocycles. The molecule has 1 aliphatic rings. The van der Waals surface area contributed by atoms with Gasteiger partial charge in [-0.2, -0.15) is 9.57 Å². The fourth-order valence-corrected chi connectivity index (χ4v) is 5.03. The van der Waals surface area contributed by atoms with Crippen molar-refractivity contribution < 1.29 is 13.3 Å². The van der Waals surface area contributed by atoms with Crippen molar-refractivity contribution in [1.82, 2.24) is 4.31 Å². The van der Waals surface area contributed by atoms with Gasteiger partial charge in [0.25, 0.3) is 5.69 Å². The summed E-state index contributed by atoms with van der Waals surface area (Å²) in [6.07, 6.45) is 0. The van der Waals surface area contributed by atoms with Crippen molar-refractivity contribution in [1.29, 1.82) is 5.26 Å². The Hall–Kier alpha value is -2.67. The van der Waals surface area contributed by atoms with Crippen molar-refractivity contribution >= 4 is 33.0 Å². The van der Waals surface area contributed by atoms with E-state index in [1.165, 1.54) is 40.7 Å². The van der Waals surface area contributed by atoms with Gasteiger partial charge in [-0.25, -0.2) is 8.42 Å². The average molecular weight is 421 g/mol. The van der Waals surface area contributed by atoms with Gasteiger partial charge in [-0.05, 0) is 36.8 Å². The minimum absolute atomic E-state index is 0.0757.